The molecule has 1 aromatic carbocycles. The van der Waals surface area contributed by atoms with E-state index < -0.39 is 12.2 Å². The van der Waals surface area contributed by atoms with Crippen LogP contribution in [0, 0.1) is 0 Å². The monoisotopic (exact) mass is 708 g/mol. The van der Waals surface area contributed by atoms with E-state index in [9.17, 15) is 9.18 Å². The van der Waals surface area contributed by atoms with Crippen molar-refractivity contribution in [2.24, 2.45) is 0 Å². The van der Waals surface area contributed by atoms with Crippen molar-refractivity contribution in [1.29, 1.82) is 0 Å². The molecule has 0 radical (unpaired) electrons. The lowest BCUT2D eigenvalue weighted by molar-refractivity contribution is 0.0952. The van der Waals surface area contributed by atoms with Crippen LogP contribution in [0.1, 0.15) is 43.2 Å². The Hall–Kier alpha value is -3.46. The largest absolute Gasteiger partial charge is 0.481 e. The minimum atomic E-state index is -0.520. The average molecular weight is 709 g/mol. The second kappa shape index (κ2) is 16.3. The van der Waals surface area contributed by atoms with Crippen molar-refractivity contribution >= 4 is 64.3 Å². The highest BCUT2D eigenvalue weighted by molar-refractivity contribution is 7.96. The molecule has 0 fully saturated rings. The molecule has 0 spiro atoms. The highest BCUT2D eigenvalue weighted by Crippen LogP contribution is 2.35. The number of nitrogens with one attached hydrogen (secondary N) is 2. The Morgan fingerprint density at radius 2 is 1.98 bits per heavy atom. The predicted molar refractivity (Wildman–Crippen MR) is 204 cm³/mol. The van der Waals surface area contributed by atoms with Crippen molar-refractivity contribution in [3.8, 4) is 5.75 Å². The number of hydrogen-bond acceptors (Lipinski definition) is 8. The fourth-order valence-corrected chi connectivity index (χ4v) is 6.35. The molecule has 3 aromatic rings. The summed E-state index contributed by atoms with van der Waals surface area (Å²) in [5.41, 5.74) is 10.2. The molecule has 0 saturated carbocycles. The Balaban J connectivity index is 1.35. The normalized spacial score (nSPS) is 18.5. The summed E-state index contributed by atoms with van der Waals surface area (Å²) in [5.74, 6) is 0.280. The fraction of sp³-hybridized carbons (Fsp3) is 0.314. The van der Waals surface area contributed by atoms with E-state index in [1.165, 1.54) is 18.3 Å². The predicted octanol–water partition coefficient (Wildman–Crippen LogP) is 7.47. The highest BCUT2D eigenvalue weighted by atomic mass is 32.2. The van der Waals surface area contributed by atoms with E-state index in [0.29, 0.717) is 17.1 Å². The van der Waals surface area contributed by atoms with Gasteiger partial charge >= 0.3 is 0 Å². The number of hydrogen-bond donors (Lipinski definition) is 3. The molecule has 0 saturated heterocycles. The molecule has 5 atom stereocenters. The smallest absolute Gasteiger partial charge is 0.214 e. The number of fused-ring (bicyclic) bond motifs is 1. The first kappa shape index (κ1) is 35.8. The zero-order chi connectivity index (χ0) is 34.4. The van der Waals surface area contributed by atoms with E-state index in [1.807, 2.05) is 49.4 Å². The van der Waals surface area contributed by atoms with Gasteiger partial charge in [0.25, 0.3) is 0 Å². The van der Waals surface area contributed by atoms with Crippen LogP contribution in [0.5, 0.6) is 5.75 Å². The van der Waals surface area contributed by atoms with Gasteiger partial charge in [-0.3, -0.25) is 9.10 Å². The molecular formula is C35H43FN6O3P2S. The van der Waals surface area contributed by atoms with E-state index in [-0.39, 0.29) is 34.6 Å². The number of nitrogens with zero attached hydrogens (tertiary/aromatic N) is 3. The lowest BCUT2D eigenvalue weighted by Crippen LogP contribution is -2.24. The number of aromatic amines is 1. The number of benzene rings is 1. The summed E-state index contributed by atoms with van der Waals surface area (Å²) < 4.78 is 30.0. The summed E-state index contributed by atoms with van der Waals surface area (Å²) in [6.07, 6.45) is 19.1. The van der Waals surface area contributed by atoms with Gasteiger partial charge in [-0.1, -0.05) is 67.7 Å². The first-order valence-corrected chi connectivity index (χ1v) is 18.3. The SMILES string of the molecule is CCN(CCC(C)Nc1cc2[nH]c(C(=O)c3cnn(C4=CC=CC(OC5C=CC=CC(F)=C5)C=C4C)c3N)cc2cc1OC(P)P)SC. The third kappa shape index (κ3) is 8.76. The average Bonchev–Trinajstić information content (AvgIpc) is 3.50. The fourth-order valence-electron chi connectivity index (χ4n) is 5.52. The Morgan fingerprint density at radius 3 is 2.73 bits per heavy atom. The van der Waals surface area contributed by atoms with Crippen molar-refractivity contribution < 1.29 is 18.7 Å². The zero-order valence-corrected chi connectivity index (χ0v) is 30.6. The molecule has 2 heterocycles. The van der Waals surface area contributed by atoms with Crippen molar-refractivity contribution in [1.82, 2.24) is 19.1 Å². The summed E-state index contributed by atoms with van der Waals surface area (Å²) in [4.78, 5) is 17.1. The summed E-state index contributed by atoms with van der Waals surface area (Å²) in [6.45, 7) is 8.17. The second-order valence-electron chi connectivity index (χ2n) is 11.6. The number of halogens is 1. The van der Waals surface area contributed by atoms with Crippen molar-refractivity contribution in [2.45, 2.75) is 51.0 Å². The number of rotatable bonds is 14. The Kier molecular flexibility index (Phi) is 12.2. The van der Waals surface area contributed by atoms with Gasteiger partial charge in [-0.2, -0.15) is 5.10 Å². The highest BCUT2D eigenvalue weighted by Gasteiger charge is 2.23. The molecular weight excluding hydrogens is 665 g/mol. The van der Waals surface area contributed by atoms with Crippen LogP contribution in [0.15, 0.2) is 90.5 Å². The van der Waals surface area contributed by atoms with Crippen molar-refractivity contribution in [3.63, 3.8) is 0 Å². The Labute approximate surface area is 290 Å². The molecule has 0 amide bonds. The molecule has 0 aliphatic heterocycles. The van der Waals surface area contributed by atoms with E-state index in [2.05, 4.69) is 58.3 Å². The van der Waals surface area contributed by atoms with Crippen LogP contribution in [0.3, 0.4) is 0 Å². The van der Waals surface area contributed by atoms with Crippen LogP contribution in [-0.4, -0.2) is 68.0 Å². The maximum Gasteiger partial charge on any atom is 0.214 e. The molecule has 48 heavy (non-hydrogen) atoms. The van der Waals surface area contributed by atoms with Crippen LogP contribution in [0.2, 0.25) is 0 Å². The number of ketones is 1. The van der Waals surface area contributed by atoms with Crippen LogP contribution in [0.25, 0.3) is 16.6 Å². The molecule has 0 bridgehead atoms. The quantitative estimate of drug-likeness (QED) is 0.0900. The third-order valence-corrected chi connectivity index (χ3v) is 9.24. The van der Waals surface area contributed by atoms with Gasteiger partial charge in [0.15, 0.2) is 0 Å². The van der Waals surface area contributed by atoms with Crippen LogP contribution in [-0.2, 0) is 4.74 Å². The topological polar surface area (TPSA) is 110 Å². The van der Waals surface area contributed by atoms with E-state index in [0.717, 1.165) is 41.7 Å². The summed E-state index contributed by atoms with van der Waals surface area (Å²) >= 11 is 1.75. The van der Waals surface area contributed by atoms with Gasteiger partial charge in [-0.05, 0) is 74.6 Å². The van der Waals surface area contributed by atoms with Gasteiger partial charge in [0, 0.05) is 30.0 Å². The number of ether oxygens (including phenoxy) is 2. The molecule has 254 valence electrons. The number of carbonyl (C=O) groups excluding carboxylic acids is 1. The van der Waals surface area contributed by atoms with Crippen molar-refractivity contribution in [2.75, 3.05) is 30.4 Å². The number of H-pyrrole nitrogens is 1. The number of carbonyl (C=O) groups is 1. The molecule has 13 heteroatoms. The Morgan fingerprint density at radius 1 is 1.21 bits per heavy atom. The van der Waals surface area contributed by atoms with E-state index in [1.54, 1.807) is 34.9 Å². The number of nitrogen functional groups attached to an aromatic ring is 1. The third-order valence-electron chi connectivity index (χ3n) is 8.01. The maximum absolute atomic E-state index is 13.9. The van der Waals surface area contributed by atoms with Gasteiger partial charge in [0.1, 0.15) is 23.0 Å². The molecule has 9 nitrogen and oxygen atoms in total. The molecule has 5 rings (SSSR count). The number of anilines is 2. The van der Waals surface area contributed by atoms with Gasteiger partial charge < -0.3 is 25.5 Å². The standard InChI is InChI=1S/C35H43FN6O3P2S/c1-5-41(48-4)14-13-22(3)39-29-19-28-23(17-32(29)45-35(46)47)16-30(40-28)33(43)27-20-38-42(34(27)37)31-12-8-11-25(15-21(31)2)44-26-10-7-6-9-24(36)18-26/h6-12,15-20,22,25-26,35,39-40H,5,13-14,37,46-47H2,1-4H3. The Bertz CT molecular complexity index is 1820. The van der Waals surface area contributed by atoms with E-state index >= 15 is 0 Å². The van der Waals surface area contributed by atoms with Gasteiger partial charge in [0.05, 0.1) is 41.0 Å². The first-order chi connectivity index (χ1) is 23.1. The summed E-state index contributed by atoms with van der Waals surface area (Å²) in [7, 11) is 5.26. The second-order valence-corrected chi connectivity index (χ2v) is 14.5. The van der Waals surface area contributed by atoms with Gasteiger partial charge in [-0.25, -0.2) is 9.07 Å². The molecule has 5 unspecified atom stereocenters. The van der Waals surface area contributed by atoms with Crippen LogP contribution < -0.4 is 15.8 Å². The summed E-state index contributed by atoms with van der Waals surface area (Å²) in [5, 5.41) is 8.92. The molecule has 2 aliphatic rings. The number of nitrogens with two attached hydrogens (primary N) is 1. The summed E-state index contributed by atoms with van der Waals surface area (Å²) in [6, 6.07) is 5.92. The number of aromatic nitrogens is 3. The molecule has 2 aliphatic carbocycles. The van der Waals surface area contributed by atoms with Crippen LogP contribution >= 0.6 is 30.4 Å². The first-order valence-electron chi connectivity index (χ1n) is 15.8. The lowest BCUT2D eigenvalue weighted by Gasteiger charge is -2.22. The molecule has 4 N–H and O–H groups in total. The number of allylic oxidation sites excluding steroid dienone is 8. The van der Waals surface area contributed by atoms with E-state index in [4.69, 9.17) is 15.2 Å². The maximum atomic E-state index is 13.9. The van der Waals surface area contributed by atoms with Gasteiger partial charge in [-0.15, -0.1) is 0 Å². The molecule has 2 aromatic heterocycles. The zero-order valence-electron chi connectivity index (χ0n) is 27.5. The van der Waals surface area contributed by atoms with Crippen LogP contribution in [0.4, 0.5) is 15.9 Å². The minimum Gasteiger partial charge on any atom is -0.481 e. The lowest BCUT2D eigenvalue weighted by atomic mass is 10.1. The van der Waals surface area contributed by atoms with Crippen molar-refractivity contribution in [3.05, 3.63) is 102 Å². The van der Waals surface area contributed by atoms with Gasteiger partial charge in [0.2, 0.25) is 5.78 Å². The minimum absolute atomic E-state index is 0.186.